The van der Waals surface area contributed by atoms with Crippen LogP contribution in [-0.4, -0.2) is 35.6 Å². The molecule has 0 saturated heterocycles. The quantitative estimate of drug-likeness (QED) is 0.326. The highest BCUT2D eigenvalue weighted by Crippen LogP contribution is 2.31. The standard InChI is InChI=1S/C24H23NO6/c1-16-12-20(21(26)15-30-24(27)10-9-18-6-5-11-28-18)17(2)25(16)13-19-14-29-22-7-3-4-8-23(22)31-19/h3-12,19H,13-15H2,1-2H3/b10-9+. The fourth-order valence-electron chi connectivity index (χ4n) is 3.52. The van der Waals surface area contributed by atoms with E-state index in [1.54, 1.807) is 12.1 Å². The van der Waals surface area contributed by atoms with Gasteiger partial charge in [0.2, 0.25) is 5.78 Å². The Labute approximate surface area is 179 Å². The van der Waals surface area contributed by atoms with Gasteiger partial charge in [0.05, 0.1) is 12.8 Å². The molecular weight excluding hydrogens is 398 g/mol. The molecule has 7 heteroatoms. The lowest BCUT2D eigenvalue weighted by molar-refractivity contribution is -0.136. The van der Waals surface area contributed by atoms with E-state index >= 15 is 0 Å². The number of Topliss-reactive ketones (excluding diaryl/α,β-unsaturated/α-hetero) is 1. The maximum atomic E-state index is 12.6. The molecule has 0 bridgehead atoms. The first-order valence-corrected chi connectivity index (χ1v) is 9.98. The zero-order valence-electron chi connectivity index (χ0n) is 17.4. The fourth-order valence-corrected chi connectivity index (χ4v) is 3.52. The lowest BCUT2D eigenvalue weighted by Crippen LogP contribution is -2.33. The zero-order valence-corrected chi connectivity index (χ0v) is 17.4. The molecule has 1 unspecified atom stereocenters. The number of rotatable bonds is 7. The monoisotopic (exact) mass is 421 g/mol. The molecule has 4 rings (SSSR count). The van der Waals surface area contributed by atoms with Crippen molar-refractivity contribution in [3.05, 3.63) is 77.5 Å². The number of carbonyl (C=O) groups excluding carboxylic acids is 2. The minimum atomic E-state index is -0.607. The van der Waals surface area contributed by atoms with E-state index in [1.807, 2.05) is 48.7 Å². The van der Waals surface area contributed by atoms with E-state index in [4.69, 9.17) is 18.6 Å². The van der Waals surface area contributed by atoms with E-state index in [0.717, 1.165) is 17.1 Å². The Morgan fingerprint density at radius 1 is 1.16 bits per heavy atom. The van der Waals surface area contributed by atoms with E-state index in [9.17, 15) is 9.59 Å². The predicted molar refractivity (Wildman–Crippen MR) is 113 cm³/mol. The maximum absolute atomic E-state index is 12.6. The van der Waals surface area contributed by atoms with E-state index in [-0.39, 0.29) is 18.5 Å². The molecule has 0 aliphatic carbocycles. The van der Waals surface area contributed by atoms with Gasteiger partial charge in [-0.1, -0.05) is 12.1 Å². The van der Waals surface area contributed by atoms with Gasteiger partial charge in [-0.05, 0) is 50.3 Å². The average Bonchev–Trinajstić information content (AvgIpc) is 3.40. The SMILES string of the molecule is Cc1cc(C(=O)COC(=O)/C=C/c2ccco2)c(C)n1CC1COc2ccccc2O1. The van der Waals surface area contributed by atoms with Crippen molar-refractivity contribution in [1.82, 2.24) is 4.57 Å². The third-order valence-corrected chi connectivity index (χ3v) is 5.10. The summed E-state index contributed by atoms with van der Waals surface area (Å²) in [7, 11) is 0. The molecule has 3 aromatic rings. The normalized spacial score (nSPS) is 15.2. The number of hydrogen-bond acceptors (Lipinski definition) is 6. The summed E-state index contributed by atoms with van der Waals surface area (Å²) in [5.41, 5.74) is 2.25. The molecule has 0 radical (unpaired) electrons. The Hall–Kier alpha value is -3.74. The third-order valence-electron chi connectivity index (χ3n) is 5.10. The van der Waals surface area contributed by atoms with Crippen LogP contribution in [0.1, 0.15) is 27.5 Å². The fraction of sp³-hybridized carbons (Fsp3) is 0.250. The lowest BCUT2D eigenvalue weighted by atomic mass is 10.1. The molecule has 2 aromatic heterocycles. The Bertz CT molecular complexity index is 1110. The number of hydrogen-bond donors (Lipinski definition) is 0. The van der Waals surface area contributed by atoms with Crippen LogP contribution in [0.2, 0.25) is 0 Å². The number of fused-ring (bicyclic) bond motifs is 1. The summed E-state index contributed by atoms with van der Waals surface area (Å²) in [4.78, 5) is 24.5. The van der Waals surface area contributed by atoms with Crippen LogP contribution in [0.4, 0.5) is 0 Å². The highest BCUT2D eigenvalue weighted by Gasteiger charge is 2.24. The van der Waals surface area contributed by atoms with E-state index < -0.39 is 5.97 Å². The number of aryl methyl sites for hydroxylation is 1. The first-order chi connectivity index (χ1) is 15.0. The van der Waals surface area contributed by atoms with Crippen molar-refractivity contribution in [2.24, 2.45) is 0 Å². The van der Waals surface area contributed by atoms with E-state index in [0.29, 0.717) is 30.2 Å². The number of ether oxygens (including phenoxy) is 3. The summed E-state index contributed by atoms with van der Waals surface area (Å²) in [5, 5.41) is 0. The van der Waals surface area contributed by atoms with Gasteiger partial charge < -0.3 is 23.2 Å². The first-order valence-electron chi connectivity index (χ1n) is 9.98. The summed E-state index contributed by atoms with van der Waals surface area (Å²) < 4.78 is 24.0. The Morgan fingerprint density at radius 2 is 1.97 bits per heavy atom. The molecule has 3 heterocycles. The number of benzene rings is 1. The summed E-state index contributed by atoms with van der Waals surface area (Å²) in [5.74, 6) is 1.11. The summed E-state index contributed by atoms with van der Waals surface area (Å²) in [6.07, 6.45) is 4.05. The molecule has 1 aliphatic heterocycles. The molecule has 0 saturated carbocycles. The van der Waals surface area contributed by atoms with Gasteiger partial charge in [-0.2, -0.15) is 0 Å². The molecule has 1 aromatic carbocycles. The molecule has 31 heavy (non-hydrogen) atoms. The van der Waals surface area contributed by atoms with Crippen molar-refractivity contribution in [2.45, 2.75) is 26.5 Å². The topological polar surface area (TPSA) is 79.9 Å². The number of ketones is 1. The number of esters is 1. The minimum Gasteiger partial charge on any atom is -0.486 e. The highest BCUT2D eigenvalue weighted by molar-refractivity contribution is 6.00. The largest absolute Gasteiger partial charge is 0.486 e. The van der Waals surface area contributed by atoms with Crippen molar-refractivity contribution < 1.29 is 28.2 Å². The number of para-hydroxylation sites is 2. The Kier molecular flexibility index (Phi) is 5.93. The summed E-state index contributed by atoms with van der Waals surface area (Å²) >= 11 is 0. The van der Waals surface area contributed by atoms with E-state index in [2.05, 4.69) is 0 Å². The maximum Gasteiger partial charge on any atom is 0.331 e. The van der Waals surface area contributed by atoms with Gasteiger partial charge >= 0.3 is 5.97 Å². The molecular formula is C24H23NO6. The van der Waals surface area contributed by atoms with Gasteiger partial charge in [-0.25, -0.2) is 4.79 Å². The minimum absolute atomic E-state index is 0.174. The molecule has 1 atom stereocenters. The third kappa shape index (κ3) is 4.71. The second-order valence-electron chi connectivity index (χ2n) is 7.27. The van der Waals surface area contributed by atoms with Crippen LogP contribution < -0.4 is 9.47 Å². The van der Waals surface area contributed by atoms with Crippen LogP contribution >= 0.6 is 0 Å². The van der Waals surface area contributed by atoms with Crippen LogP contribution in [0.5, 0.6) is 11.5 Å². The van der Waals surface area contributed by atoms with Crippen LogP contribution in [0, 0.1) is 13.8 Å². The number of furan rings is 1. The molecule has 0 N–H and O–H groups in total. The Balaban J connectivity index is 1.37. The van der Waals surface area contributed by atoms with Gasteiger partial charge in [0.15, 0.2) is 24.2 Å². The molecule has 1 aliphatic rings. The van der Waals surface area contributed by atoms with Crippen molar-refractivity contribution >= 4 is 17.8 Å². The first kappa shape index (κ1) is 20.5. The van der Waals surface area contributed by atoms with Crippen molar-refractivity contribution in [1.29, 1.82) is 0 Å². The van der Waals surface area contributed by atoms with Crippen molar-refractivity contribution in [3.8, 4) is 11.5 Å². The molecule has 160 valence electrons. The average molecular weight is 421 g/mol. The van der Waals surface area contributed by atoms with Gasteiger partial charge in [0, 0.05) is 23.0 Å². The number of aromatic nitrogens is 1. The van der Waals surface area contributed by atoms with Gasteiger partial charge in [0.25, 0.3) is 0 Å². The molecule has 0 amide bonds. The molecule has 0 fully saturated rings. The second-order valence-corrected chi connectivity index (χ2v) is 7.27. The smallest absolute Gasteiger partial charge is 0.331 e. The number of carbonyl (C=O) groups is 2. The van der Waals surface area contributed by atoms with Gasteiger partial charge in [-0.15, -0.1) is 0 Å². The van der Waals surface area contributed by atoms with Crippen LogP contribution in [-0.2, 0) is 16.1 Å². The number of nitrogens with zero attached hydrogens (tertiary/aromatic N) is 1. The summed E-state index contributed by atoms with van der Waals surface area (Å²) in [6, 6.07) is 12.8. The molecule has 7 nitrogen and oxygen atoms in total. The van der Waals surface area contributed by atoms with Crippen LogP contribution in [0.15, 0.2) is 59.2 Å². The van der Waals surface area contributed by atoms with Gasteiger partial charge in [0.1, 0.15) is 12.4 Å². The molecule has 0 spiro atoms. The van der Waals surface area contributed by atoms with Crippen LogP contribution in [0.3, 0.4) is 0 Å². The Morgan fingerprint density at radius 3 is 2.74 bits per heavy atom. The highest BCUT2D eigenvalue weighted by atomic mass is 16.6. The van der Waals surface area contributed by atoms with Crippen molar-refractivity contribution in [2.75, 3.05) is 13.2 Å². The van der Waals surface area contributed by atoms with Gasteiger partial charge in [-0.3, -0.25) is 4.79 Å². The summed E-state index contributed by atoms with van der Waals surface area (Å²) in [6.45, 7) is 4.44. The second kappa shape index (κ2) is 8.95. The predicted octanol–water partition coefficient (Wildman–Crippen LogP) is 3.98. The van der Waals surface area contributed by atoms with E-state index in [1.165, 1.54) is 18.4 Å². The van der Waals surface area contributed by atoms with Crippen molar-refractivity contribution in [3.63, 3.8) is 0 Å². The van der Waals surface area contributed by atoms with Crippen LogP contribution in [0.25, 0.3) is 6.08 Å². The lowest BCUT2D eigenvalue weighted by Gasteiger charge is -2.27. The zero-order chi connectivity index (χ0) is 21.8.